The molecular formula is C18H19N5O2. The summed E-state index contributed by atoms with van der Waals surface area (Å²) in [6, 6.07) is 13.0. The van der Waals surface area contributed by atoms with Crippen LogP contribution in [0.2, 0.25) is 0 Å². The summed E-state index contributed by atoms with van der Waals surface area (Å²) in [5.74, 6) is 1.73. The fraction of sp³-hybridized carbons (Fsp3) is 0.333. The summed E-state index contributed by atoms with van der Waals surface area (Å²) >= 11 is 0. The van der Waals surface area contributed by atoms with Crippen LogP contribution in [0.4, 0.5) is 0 Å². The number of benzene rings is 1. The van der Waals surface area contributed by atoms with Crippen LogP contribution in [0.3, 0.4) is 0 Å². The molecule has 1 fully saturated rings. The highest BCUT2D eigenvalue weighted by Gasteiger charge is 2.32. The fourth-order valence-corrected chi connectivity index (χ4v) is 3.17. The van der Waals surface area contributed by atoms with Crippen molar-refractivity contribution in [3.05, 3.63) is 54.5 Å². The van der Waals surface area contributed by atoms with Gasteiger partial charge >= 0.3 is 0 Å². The maximum Gasteiger partial charge on any atom is 0.249 e. The lowest BCUT2D eigenvalue weighted by Gasteiger charge is -2.19. The van der Waals surface area contributed by atoms with Gasteiger partial charge in [-0.2, -0.15) is 4.80 Å². The summed E-state index contributed by atoms with van der Waals surface area (Å²) in [7, 11) is 0. The van der Waals surface area contributed by atoms with Crippen LogP contribution in [-0.4, -0.2) is 44.1 Å². The quantitative estimate of drug-likeness (QED) is 0.731. The minimum atomic E-state index is -0.486. The number of aromatic nitrogens is 4. The van der Waals surface area contributed by atoms with Gasteiger partial charge in [0.15, 0.2) is 0 Å². The number of nitrogens with zero attached hydrogens (tertiary/aromatic N) is 5. The molecule has 7 nitrogen and oxygen atoms in total. The number of carbonyl (C=O) groups is 1. The van der Waals surface area contributed by atoms with Crippen LogP contribution in [0, 0.1) is 0 Å². The molecule has 0 unspecified atom stereocenters. The number of likely N-dealkylation sites (tertiary alicyclic amines) is 1. The minimum Gasteiger partial charge on any atom is -0.469 e. The normalized spacial score (nSPS) is 18.4. The van der Waals surface area contributed by atoms with E-state index in [1.807, 2.05) is 47.4 Å². The molecule has 7 heteroatoms. The Morgan fingerprint density at radius 1 is 1.24 bits per heavy atom. The Balaban J connectivity index is 1.45. The van der Waals surface area contributed by atoms with Gasteiger partial charge in [0.05, 0.1) is 6.26 Å². The van der Waals surface area contributed by atoms with E-state index in [1.54, 1.807) is 13.2 Å². The highest BCUT2D eigenvalue weighted by Crippen LogP contribution is 2.28. The highest BCUT2D eigenvalue weighted by molar-refractivity contribution is 5.80. The van der Waals surface area contributed by atoms with Gasteiger partial charge in [-0.25, -0.2) is 0 Å². The SMILES string of the molecule is C[C@H](C(=O)N1CC[C@@H](c2ccco2)C1)n1nnc(-c2ccccc2)n1. The molecule has 0 spiro atoms. The average Bonchev–Trinajstić information content (AvgIpc) is 3.42. The largest absolute Gasteiger partial charge is 0.469 e. The second-order valence-corrected chi connectivity index (χ2v) is 6.26. The topological polar surface area (TPSA) is 77.0 Å². The molecule has 1 aromatic carbocycles. The summed E-state index contributed by atoms with van der Waals surface area (Å²) in [5.41, 5.74) is 0.882. The number of amides is 1. The van der Waals surface area contributed by atoms with Gasteiger partial charge in [0.2, 0.25) is 11.7 Å². The van der Waals surface area contributed by atoms with Gasteiger partial charge < -0.3 is 9.32 Å². The maximum atomic E-state index is 12.8. The zero-order chi connectivity index (χ0) is 17.2. The van der Waals surface area contributed by atoms with E-state index in [0.29, 0.717) is 12.4 Å². The highest BCUT2D eigenvalue weighted by atomic mass is 16.3. The Morgan fingerprint density at radius 3 is 2.84 bits per heavy atom. The van der Waals surface area contributed by atoms with Crippen molar-refractivity contribution in [2.75, 3.05) is 13.1 Å². The van der Waals surface area contributed by atoms with Crippen molar-refractivity contribution in [1.29, 1.82) is 0 Å². The molecule has 3 heterocycles. The molecule has 1 amide bonds. The average molecular weight is 337 g/mol. The predicted molar refractivity (Wildman–Crippen MR) is 90.6 cm³/mol. The Hall–Kier alpha value is -2.96. The zero-order valence-corrected chi connectivity index (χ0v) is 13.9. The number of hydrogen-bond donors (Lipinski definition) is 0. The summed E-state index contributed by atoms with van der Waals surface area (Å²) in [5, 5.41) is 12.5. The third-order valence-corrected chi connectivity index (χ3v) is 4.61. The molecule has 0 aliphatic carbocycles. The van der Waals surface area contributed by atoms with Gasteiger partial charge in [-0.15, -0.1) is 10.2 Å². The van der Waals surface area contributed by atoms with Crippen molar-refractivity contribution in [2.45, 2.75) is 25.3 Å². The molecule has 1 saturated heterocycles. The van der Waals surface area contributed by atoms with E-state index in [2.05, 4.69) is 15.4 Å². The number of carbonyl (C=O) groups excluding carboxylic acids is 1. The molecule has 0 radical (unpaired) electrons. The lowest BCUT2D eigenvalue weighted by Crippen LogP contribution is -2.35. The van der Waals surface area contributed by atoms with Crippen molar-refractivity contribution in [3.63, 3.8) is 0 Å². The monoisotopic (exact) mass is 337 g/mol. The summed E-state index contributed by atoms with van der Waals surface area (Å²) < 4.78 is 5.47. The molecule has 2 atom stereocenters. The van der Waals surface area contributed by atoms with Gasteiger partial charge in [-0.3, -0.25) is 4.79 Å². The Labute approximate surface area is 145 Å². The third kappa shape index (κ3) is 3.05. The number of hydrogen-bond acceptors (Lipinski definition) is 5. The van der Waals surface area contributed by atoms with Gasteiger partial charge in [-0.1, -0.05) is 30.3 Å². The van der Waals surface area contributed by atoms with Crippen molar-refractivity contribution < 1.29 is 9.21 Å². The van der Waals surface area contributed by atoms with Crippen molar-refractivity contribution in [3.8, 4) is 11.4 Å². The summed E-state index contributed by atoms with van der Waals surface area (Å²) in [6.07, 6.45) is 2.58. The minimum absolute atomic E-state index is 0.00562. The van der Waals surface area contributed by atoms with E-state index in [4.69, 9.17) is 4.42 Å². The molecule has 0 bridgehead atoms. The molecule has 1 aliphatic heterocycles. The first-order valence-electron chi connectivity index (χ1n) is 8.39. The first-order valence-corrected chi connectivity index (χ1v) is 8.39. The Morgan fingerprint density at radius 2 is 2.08 bits per heavy atom. The van der Waals surface area contributed by atoms with Gasteiger partial charge in [0.25, 0.3) is 0 Å². The van der Waals surface area contributed by atoms with Crippen molar-refractivity contribution in [1.82, 2.24) is 25.1 Å². The third-order valence-electron chi connectivity index (χ3n) is 4.61. The van der Waals surface area contributed by atoms with E-state index in [9.17, 15) is 4.79 Å². The second-order valence-electron chi connectivity index (χ2n) is 6.26. The van der Waals surface area contributed by atoms with Crippen molar-refractivity contribution >= 4 is 5.91 Å². The first kappa shape index (κ1) is 15.6. The van der Waals surface area contributed by atoms with E-state index in [-0.39, 0.29) is 11.8 Å². The standard InChI is InChI=1S/C18H19N5O2/c1-13(23-20-17(19-21-23)14-6-3-2-4-7-14)18(24)22-10-9-15(12-22)16-8-5-11-25-16/h2-8,11,13,15H,9-10,12H2,1H3/t13-,15-/m1/s1. The van der Waals surface area contributed by atoms with Crippen LogP contribution in [-0.2, 0) is 4.79 Å². The molecular weight excluding hydrogens is 318 g/mol. The smallest absolute Gasteiger partial charge is 0.249 e. The van der Waals surface area contributed by atoms with Crippen LogP contribution < -0.4 is 0 Å². The lowest BCUT2D eigenvalue weighted by atomic mass is 10.1. The number of tetrazole rings is 1. The van der Waals surface area contributed by atoms with Gasteiger partial charge in [0, 0.05) is 24.6 Å². The molecule has 3 aromatic rings. The molecule has 0 N–H and O–H groups in total. The van der Waals surface area contributed by atoms with E-state index in [0.717, 1.165) is 24.3 Å². The van der Waals surface area contributed by atoms with Crippen LogP contribution >= 0.6 is 0 Å². The molecule has 4 rings (SSSR count). The van der Waals surface area contributed by atoms with Crippen LogP contribution in [0.15, 0.2) is 53.1 Å². The molecule has 1 aliphatic rings. The number of rotatable bonds is 4. The van der Waals surface area contributed by atoms with Gasteiger partial charge in [0.1, 0.15) is 11.8 Å². The Kier molecular flexibility index (Phi) is 4.05. The predicted octanol–water partition coefficient (Wildman–Crippen LogP) is 2.51. The van der Waals surface area contributed by atoms with E-state index in [1.165, 1.54) is 4.80 Å². The van der Waals surface area contributed by atoms with Crippen LogP contribution in [0.25, 0.3) is 11.4 Å². The first-order chi connectivity index (χ1) is 12.2. The molecule has 0 saturated carbocycles. The molecule has 128 valence electrons. The number of furan rings is 1. The lowest BCUT2D eigenvalue weighted by molar-refractivity contribution is -0.133. The van der Waals surface area contributed by atoms with Gasteiger partial charge in [-0.05, 0) is 30.7 Å². The second kappa shape index (κ2) is 6.51. The zero-order valence-electron chi connectivity index (χ0n) is 13.9. The van der Waals surface area contributed by atoms with Crippen molar-refractivity contribution in [2.24, 2.45) is 0 Å². The summed E-state index contributed by atoms with van der Waals surface area (Å²) in [4.78, 5) is 16.0. The fourth-order valence-electron chi connectivity index (χ4n) is 3.17. The van der Waals surface area contributed by atoms with Crippen LogP contribution in [0.5, 0.6) is 0 Å². The molecule has 25 heavy (non-hydrogen) atoms. The summed E-state index contributed by atoms with van der Waals surface area (Å²) in [6.45, 7) is 3.19. The maximum absolute atomic E-state index is 12.8. The van der Waals surface area contributed by atoms with E-state index >= 15 is 0 Å². The molecule has 2 aromatic heterocycles. The van der Waals surface area contributed by atoms with Crippen LogP contribution in [0.1, 0.15) is 31.1 Å². The van der Waals surface area contributed by atoms with E-state index < -0.39 is 6.04 Å². The Bertz CT molecular complexity index is 844.